The number of H-pyrrole nitrogens is 1. The van der Waals surface area contributed by atoms with Crippen molar-refractivity contribution in [3.8, 4) is 11.5 Å². The maximum atomic E-state index is 11.9. The van der Waals surface area contributed by atoms with Crippen LogP contribution in [0.2, 0.25) is 0 Å². The van der Waals surface area contributed by atoms with Gasteiger partial charge in [0.25, 0.3) is 5.56 Å². The molecular weight excluding hydrogens is 306 g/mol. The number of aryl methyl sites for hydroxylation is 2. The molecule has 2 heterocycles. The highest BCUT2D eigenvalue weighted by Gasteiger charge is 2.18. The van der Waals surface area contributed by atoms with Crippen LogP contribution < -0.4 is 17.0 Å². The van der Waals surface area contributed by atoms with E-state index in [9.17, 15) is 9.59 Å². The van der Waals surface area contributed by atoms with Gasteiger partial charge in [0, 0.05) is 13.1 Å². The van der Waals surface area contributed by atoms with Crippen molar-refractivity contribution >= 4 is 11.0 Å². The van der Waals surface area contributed by atoms with Gasteiger partial charge < -0.3 is 10.3 Å². The van der Waals surface area contributed by atoms with Crippen molar-refractivity contribution in [2.75, 3.05) is 6.54 Å². The maximum Gasteiger partial charge on any atom is 0.349 e. The third kappa shape index (κ3) is 3.35. The Morgan fingerprint density at radius 1 is 1.12 bits per heavy atom. The molecule has 0 aliphatic carbocycles. The Hall–Kier alpha value is -2.54. The van der Waals surface area contributed by atoms with Gasteiger partial charge in [-0.3, -0.25) is 9.78 Å². The van der Waals surface area contributed by atoms with Crippen molar-refractivity contribution in [1.29, 1.82) is 0 Å². The predicted molar refractivity (Wildman–Crippen MR) is 95.5 cm³/mol. The molecule has 2 aliphatic heterocycles. The van der Waals surface area contributed by atoms with Gasteiger partial charge in [-0.05, 0) is 37.1 Å². The van der Waals surface area contributed by atoms with E-state index in [1.54, 1.807) is 4.57 Å². The molecule has 3 rings (SSSR count). The zero-order valence-electron chi connectivity index (χ0n) is 14.5. The van der Waals surface area contributed by atoms with Gasteiger partial charge in [-0.25, -0.2) is 9.78 Å². The van der Waals surface area contributed by atoms with Crippen molar-refractivity contribution in [2.24, 2.45) is 5.73 Å². The SMILES string of the molecule is CCC.Cc1cc2nc3c(=O)[nH]c(=O)nc-3n(CCN)c2cc1C. The highest BCUT2D eigenvalue weighted by molar-refractivity contribution is 5.81. The number of hydrogen-bond acceptors (Lipinski definition) is 5. The molecule has 0 saturated carbocycles. The molecule has 0 fully saturated rings. The molecule has 0 atom stereocenters. The van der Waals surface area contributed by atoms with Gasteiger partial charge in [0.1, 0.15) is 0 Å². The average Bonchev–Trinajstić information content (AvgIpc) is 2.51. The lowest BCUT2D eigenvalue weighted by Crippen LogP contribution is -2.29. The summed E-state index contributed by atoms with van der Waals surface area (Å²) < 4.78 is 1.78. The van der Waals surface area contributed by atoms with E-state index in [0.29, 0.717) is 18.6 Å². The monoisotopic (exact) mass is 329 g/mol. The van der Waals surface area contributed by atoms with Crippen LogP contribution >= 0.6 is 0 Å². The van der Waals surface area contributed by atoms with E-state index in [1.165, 1.54) is 6.42 Å². The van der Waals surface area contributed by atoms with Gasteiger partial charge >= 0.3 is 5.69 Å². The topological polar surface area (TPSA) is 107 Å². The van der Waals surface area contributed by atoms with Crippen LogP contribution in [-0.4, -0.2) is 26.1 Å². The van der Waals surface area contributed by atoms with Crippen molar-refractivity contribution in [2.45, 2.75) is 40.7 Å². The molecule has 0 radical (unpaired) electrons. The Labute approximate surface area is 139 Å². The van der Waals surface area contributed by atoms with Crippen LogP contribution in [0.25, 0.3) is 22.6 Å². The standard InChI is InChI=1S/C14H15N5O2.C3H8/c1-7-5-9-10(6-8(7)2)19(4-3-15)12-11(16-9)13(20)18-14(21)17-12;1-3-2/h5-6H,3-4,15H2,1-2H3,(H,18,20,21);3H2,1-2H3. The van der Waals surface area contributed by atoms with E-state index < -0.39 is 11.2 Å². The predicted octanol–water partition coefficient (Wildman–Crippen LogP) is 1.58. The summed E-state index contributed by atoms with van der Waals surface area (Å²) in [6, 6.07) is 3.89. The fourth-order valence-corrected chi connectivity index (χ4v) is 2.41. The number of aromatic nitrogens is 4. The first kappa shape index (κ1) is 17.8. The summed E-state index contributed by atoms with van der Waals surface area (Å²) in [5.41, 5.74) is 8.28. The molecule has 0 bridgehead atoms. The Morgan fingerprint density at radius 2 is 1.75 bits per heavy atom. The van der Waals surface area contributed by atoms with Crippen LogP contribution in [0, 0.1) is 13.8 Å². The Morgan fingerprint density at radius 3 is 2.38 bits per heavy atom. The second kappa shape index (κ2) is 7.35. The summed E-state index contributed by atoms with van der Waals surface area (Å²) in [6.07, 6.45) is 1.25. The maximum absolute atomic E-state index is 11.9. The quantitative estimate of drug-likeness (QED) is 0.694. The summed E-state index contributed by atoms with van der Waals surface area (Å²) in [6.45, 7) is 9.05. The van der Waals surface area contributed by atoms with Crippen LogP contribution in [0.5, 0.6) is 0 Å². The van der Waals surface area contributed by atoms with Crippen LogP contribution in [0.1, 0.15) is 31.4 Å². The van der Waals surface area contributed by atoms with Gasteiger partial charge in [-0.1, -0.05) is 20.3 Å². The van der Waals surface area contributed by atoms with E-state index in [1.807, 2.05) is 26.0 Å². The number of nitrogens with zero attached hydrogens (tertiary/aromatic N) is 3. The minimum absolute atomic E-state index is 0.152. The Balaban J connectivity index is 0.000000647. The molecule has 1 aromatic carbocycles. The highest BCUT2D eigenvalue weighted by Crippen LogP contribution is 2.23. The fraction of sp³-hybridized carbons (Fsp3) is 0.412. The van der Waals surface area contributed by atoms with Gasteiger partial charge in [-0.2, -0.15) is 4.98 Å². The van der Waals surface area contributed by atoms with Crippen molar-refractivity contribution in [3.05, 3.63) is 44.1 Å². The van der Waals surface area contributed by atoms with Crippen LogP contribution in [0.3, 0.4) is 0 Å². The second-order valence-electron chi connectivity index (χ2n) is 5.73. The third-order valence-corrected chi connectivity index (χ3v) is 3.58. The molecule has 0 spiro atoms. The smallest absolute Gasteiger partial charge is 0.329 e. The Kier molecular flexibility index (Phi) is 5.46. The normalized spacial score (nSPS) is 10.7. The second-order valence-corrected chi connectivity index (χ2v) is 5.73. The zero-order valence-corrected chi connectivity index (χ0v) is 14.5. The molecule has 128 valence electrons. The summed E-state index contributed by atoms with van der Waals surface area (Å²) in [5.74, 6) is 0.268. The number of aromatic amines is 1. The number of hydrogen-bond donors (Lipinski definition) is 2. The van der Waals surface area contributed by atoms with E-state index in [4.69, 9.17) is 5.73 Å². The molecule has 0 amide bonds. The van der Waals surface area contributed by atoms with E-state index in [-0.39, 0.29) is 11.5 Å². The molecule has 2 aliphatic rings. The third-order valence-electron chi connectivity index (χ3n) is 3.58. The largest absolute Gasteiger partial charge is 0.349 e. The summed E-state index contributed by atoms with van der Waals surface area (Å²) in [7, 11) is 0. The zero-order chi connectivity index (χ0) is 17.9. The van der Waals surface area contributed by atoms with Crippen LogP contribution in [-0.2, 0) is 6.54 Å². The van der Waals surface area contributed by atoms with Crippen LogP contribution in [0.4, 0.5) is 0 Å². The van der Waals surface area contributed by atoms with Crippen LogP contribution in [0.15, 0.2) is 21.7 Å². The molecule has 0 saturated heterocycles. The molecule has 7 nitrogen and oxygen atoms in total. The molecule has 0 unspecified atom stereocenters. The molecular formula is C17H23N5O2. The molecule has 7 heteroatoms. The van der Waals surface area contributed by atoms with E-state index in [0.717, 1.165) is 16.6 Å². The summed E-state index contributed by atoms with van der Waals surface area (Å²) in [4.78, 5) is 33.8. The molecule has 1 aromatic rings. The van der Waals surface area contributed by atoms with E-state index in [2.05, 4.69) is 28.8 Å². The molecule has 0 aromatic heterocycles. The average molecular weight is 329 g/mol. The fourth-order valence-electron chi connectivity index (χ4n) is 2.41. The lowest BCUT2D eigenvalue weighted by Gasteiger charge is -2.16. The van der Waals surface area contributed by atoms with Gasteiger partial charge in [0.2, 0.25) is 0 Å². The number of benzene rings is 1. The first-order valence-corrected chi connectivity index (χ1v) is 8.04. The van der Waals surface area contributed by atoms with Gasteiger partial charge in [0.05, 0.1) is 11.0 Å². The van der Waals surface area contributed by atoms with Gasteiger partial charge in [0.15, 0.2) is 11.5 Å². The summed E-state index contributed by atoms with van der Waals surface area (Å²) in [5, 5.41) is 0. The minimum atomic E-state index is -0.678. The lowest BCUT2D eigenvalue weighted by molar-refractivity contribution is 0.711. The number of nitrogens with two attached hydrogens (primary N) is 1. The lowest BCUT2D eigenvalue weighted by atomic mass is 10.1. The minimum Gasteiger partial charge on any atom is -0.329 e. The van der Waals surface area contributed by atoms with Crippen molar-refractivity contribution < 1.29 is 0 Å². The molecule has 24 heavy (non-hydrogen) atoms. The number of fused-ring (bicyclic) bond motifs is 2. The number of nitrogens with one attached hydrogen (secondary N) is 1. The number of rotatable bonds is 2. The highest BCUT2D eigenvalue weighted by atomic mass is 16.2. The molecule has 3 N–H and O–H groups in total. The first-order chi connectivity index (χ1) is 11.4. The first-order valence-electron chi connectivity index (χ1n) is 8.04. The van der Waals surface area contributed by atoms with E-state index >= 15 is 0 Å². The van der Waals surface area contributed by atoms with Gasteiger partial charge in [-0.15, -0.1) is 0 Å². The van der Waals surface area contributed by atoms with Crippen molar-refractivity contribution in [1.82, 2.24) is 19.5 Å². The Bertz CT molecular complexity index is 942. The van der Waals surface area contributed by atoms with Crippen molar-refractivity contribution in [3.63, 3.8) is 0 Å². The summed E-state index contributed by atoms with van der Waals surface area (Å²) >= 11 is 0.